The van der Waals surface area contributed by atoms with E-state index in [2.05, 4.69) is 42.4 Å². The molecule has 0 radical (unpaired) electrons. The van der Waals surface area contributed by atoms with E-state index >= 15 is 0 Å². The van der Waals surface area contributed by atoms with E-state index in [4.69, 9.17) is 4.74 Å². The number of carbonyl (C=O) groups is 1. The lowest BCUT2D eigenvalue weighted by atomic mass is 9.83. The van der Waals surface area contributed by atoms with Crippen LogP contribution in [0.2, 0.25) is 0 Å². The summed E-state index contributed by atoms with van der Waals surface area (Å²) in [4.78, 5) is 33.3. The molecule has 0 spiro atoms. The van der Waals surface area contributed by atoms with E-state index < -0.39 is 0 Å². The van der Waals surface area contributed by atoms with Crippen molar-refractivity contribution in [1.82, 2.24) is 29.7 Å². The van der Waals surface area contributed by atoms with E-state index in [1.54, 1.807) is 12.4 Å². The molecule has 5 rings (SSSR count). The summed E-state index contributed by atoms with van der Waals surface area (Å²) in [5.74, 6) is 1.52. The van der Waals surface area contributed by atoms with Gasteiger partial charge in [-0.25, -0.2) is 15.0 Å². The summed E-state index contributed by atoms with van der Waals surface area (Å²) < 4.78 is 7.58. The molecule has 0 aromatic carbocycles. The van der Waals surface area contributed by atoms with E-state index in [0.717, 1.165) is 43.2 Å². The lowest BCUT2D eigenvalue weighted by Gasteiger charge is -2.22. The average Bonchev–Trinajstić information content (AvgIpc) is 3.38. The first kappa shape index (κ1) is 20.6. The highest BCUT2D eigenvalue weighted by Gasteiger charge is 2.46. The summed E-state index contributed by atoms with van der Waals surface area (Å²) in [6.45, 7) is 12.2. The topological polar surface area (TPSA) is 110 Å². The minimum absolute atomic E-state index is 0.221. The minimum Gasteiger partial charge on any atom is -0.477 e. The number of rotatable bonds is 5. The van der Waals surface area contributed by atoms with Gasteiger partial charge in [0.2, 0.25) is 11.8 Å². The van der Waals surface area contributed by atoms with Gasteiger partial charge in [-0.2, -0.15) is 4.98 Å². The molecule has 10 nitrogen and oxygen atoms in total. The summed E-state index contributed by atoms with van der Waals surface area (Å²) in [5.41, 5.74) is 2.89. The lowest BCUT2D eigenvalue weighted by molar-refractivity contribution is 0.102. The maximum atomic E-state index is 13.0. The number of ether oxygens (including phenoxy) is 1. The Morgan fingerprint density at radius 3 is 2.94 bits per heavy atom. The minimum atomic E-state index is -0.363. The van der Waals surface area contributed by atoms with Crippen molar-refractivity contribution in [2.24, 2.45) is 11.3 Å². The van der Waals surface area contributed by atoms with Crippen molar-refractivity contribution >= 4 is 23.3 Å². The molecule has 0 unspecified atom stereocenters. The third-order valence-corrected chi connectivity index (χ3v) is 6.42. The highest BCUT2D eigenvalue weighted by Crippen LogP contribution is 2.39. The van der Waals surface area contributed by atoms with E-state index in [1.165, 1.54) is 0 Å². The fraction of sp³-hybridized carbons (Fsp3) is 0.500. The molecule has 2 saturated heterocycles. The SMILES string of the molecule is CCOc1nc(N2C[C@@H]3CNC[C@]3(C)C2)ncc1C(=O)Nc1cn2cc(C)nc2c(C)n1. The van der Waals surface area contributed by atoms with Crippen molar-refractivity contribution in [3.8, 4) is 5.88 Å². The van der Waals surface area contributed by atoms with Crippen LogP contribution in [-0.2, 0) is 0 Å². The second kappa shape index (κ2) is 7.70. The fourth-order valence-electron chi connectivity index (χ4n) is 4.74. The zero-order valence-corrected chi connectivity index (χ0v) is 18.8. The molecule has 2 atom stereocenters. The van der Waals surface area contributed by atoms with Gasteiger partial charge in [-0.3, -0.25) is 4.79 Å². The Bertz CT molecular complexity index is 1190. The van der Waals surface area contributed by atoms with Gasteiger partial charge in [0.1, 0.15) is 11.4 Å². The number of nitrogens with one attached hydrogen (secondary N) is 2. The van der Waals surface area contributed by atoms with Crippen molar-refractivity contribution in [1.29, 1.82) is 0 Å². The molecule has 32 heavy (non-hydrogen) atoms. The van der Waals surface area contributed by atoms with Crippen LogP contribution in [0.25, 0.3) is 5.65 Å². The number of anilines is 2. The Labute approximate surface area is 186 Å². The number of imidazole rings is 1. The number of fused-ring (bicyclic) bond motifs is 2. The first-order valence-electron chi connectivity index (χ1n) is 11.0. The summed E-state index contributed by atoms with van der Waals surface area (Å²) >= 11 is 0. The van der Waals surface area contributed by atoms with Crippen molar-refractivity contribution in [2.75, 3.05) is 43.0 Å². The van der Waals surface area contributed by atoms with Crippen LogP contribution >= 0.6 is 0 Å². The molecule has 0 saturated carbocycles. The molecule has 3 aromatic rings. The van der Waals surface area contributed by atoms with Crippen LogP contribution in [0.15, 0.2) is 18.6 Å². The van der Waals surface area contributed by atoms with Gasteiger partial charge in [-0.15, -0.1) is 0 Å². The highest BCUT2D eigenvalue weighted by molar-refractivity contribution is 6.05. The molecule has 2 aliphatic heterocycles. The molecule has 3 aromatic heterocycles. The second-order valence-electron chi connectivity index (χ2n) is 8.96. The normalized spacial score (nSPS) is 22.4. The predicted molar refractivity (Wildman–Crippen MR) is 120 cm³/mol. The molecule has 0 bridgehead atoms. The van der Waals surface area contributed by atoms with Crippen molar-refractivity contribution in [3.63, 3.8) is 0 Å². The van der Waals surface area contributed by atoms with Crippen LogP contribution in [0.3, 0.4) is 0 Å². The Kier molecular flexibility index (Phi) is 4.96. The molecule has 2 fully saturated rings. The number of aromatic nitrogens is 5. The standard InChI is InChI=1S/C22H28N8O2/c1-5-32-20-16(7-24-21(28-20)30-9-15-6-23-11-22(15,4)12-30)19(31)27-17-10-29-8-13(2)25-18(29)14(3)26-17/h7-8,10,15,23H,5-6,9,11-12H2,1-4H3,(H,27,31)/t15-,22+/m0/s1. The molecule has 10 heteroatoms. The van der Waals surface area contributed by atoms with E-state index in [1.807, 2.05) is 31.4 Å². The van der Waals surface area contributed by atoms with Gasteiger partial charge in [-0.05, 0) is 26.7 Å². The molecular formula is C22H28N8O2. The largest absolute Gasteiger partial charge is 0.477 e. The van der Waals surface area contributed by atoms with Crippen LogP contribution in [0, 0.1) is 25.2 Å². The fourth-order valence-corrected chi connectivity index (χ4v) is 4.74. The van der Waals surface area contributed by atoms with Crippen molar-refractivity contribution in [3.05, 3.63) is 35.5 Å². The summed E-state index contributed by atoms with van der Waals surface area (Å²) in [6.07, 6.45) is 5.18. The third kappa shape index (κ3) is 3.54. The molecule has 2 aliphatic rings. The van der Waals surface area contributed by atoms with Gasteiger partial charge < -0.3 is 24.7 Å². The maximum absolute atomic E-state index is 13.0. The van der Waals surface area contributed by atoms with Crippen molar-refractivity contribution in [2.45, 2.75) is 27.7 Å². The summed E-state index contributed by atoms with van der Waals surface area (Å²) in [7, 11) is 0. The Morgan fingerprint density at radius 1 is 1.31 bits per heavy atom. The molecular weight excluding hydrogens is 408 g/mol. The van der Waals surface area contributed by atoms with E-state index in [0.29, 0.717) is 24.3 Å². The summed E-state index contributed by atoms with van der Waals surface area (Å²) in [5, 5.41) is 6.32. The number of nitrogens with zero attached hydrogens (tertiary/aromatic N) is 6. The van der Waals surface area contributed by atoms with Crippen LogP contribution in [-0.4, -0.2) is 63.0 Å². The molecule has 1 amide bonds. The van der Waals surface area contributed by atoms with Crippen LogP contribution < -0.4 is 20.3 Å². The number of hydrogen-bond acceptors (Lipinski definition) is 8. The Morgan fingerprint density at radius 2 is 2.16 bits per heavy atom. The van der Waals surface area contributed by atoms with Gasteiger partial charge in [0.05, 0.1) is 24.2 Å². The van der Waals surface area contributed by atoms with Gasteiger partial charge >= 0.3 is 0 Å². The van der Waals surface area contributed by atoms with Gasteiger partial charge in [-0.1, -0.05) is 6.92 Å². The van der Waals surface area contributed by atoms with Gasteiger partial charge in [0, 0.05) is 44.0 Å². The Balaban J connectivity index is 1.40. The zero-order valence-electron chi connectivity index (χ0n) is 18.8. The predicted octanol–water partition coefficient (Wildman–Crippen LogP) is 1.83. The van der Waals surface area contributed by atoms with Crippen LogP contribution in [0.4, 0.5) is 11.8 Å². The van der Waals surface area contributed by atoms with Crippen molar-refractivity contribution < 1.29 is 9.53 Å². The Hall–Kier alpha value is -3.27. The third-order valence-electron chi connectivity index (χ3n) is 6.42. The quantitative estimate of drug-likeness (QED) is 0.624. The smallest absolute Gasteiger partial charge is 0.263 e. The first-order chi connectivity index (χ1) is 15.4. The first-order valence-corrected chi connectivity index (χ1v) is 11.0. The number of amides is 1. The zero-order chi connectivity index (χ0) is 22.5. The second-order valence-corrected chi connectivity index (χ2v) is 8.96. The molecule has 5 heterocycles. The van der Waals surface area contributed by atoms with E-state index in [-0.39, 0.29) is 22.8 Å². The molecule has 2 N–H and O–H groups in total. The number of aryl methyl sites for hydroxylation is 2. The average molecular weight is 437 g/mol. The van der Waals surface area contributed by atoms with Crippen LogP contribution in [0.5, 0.6) is 5.88 Å². The van der Waals surface area contributed by atoms with E-state index in [9.17, 15) is 4.79 Å². The molecule has 168 valence electrons. The van der Waals surface area contributed by atoms with Gasteiger partial charge in [0.25, 0.3) is 5.91 Å². The van der Waals surface area contributed by atoms with Gasteiger partial charge in [0.15, 0.2) is 5.65 Å². The number of carbonyl (C=O) groups excluding carboxylic acids is 1. The lowest BCUT2D eigenvalue weighted by Crippen LogP contribution is -2.31. The summed E-state index contributed by atoms with van der Waals surface area (Å²) in [6, 6.07) is 0. The number of hydrogen-bond donors (Lipinski definition) is 2. The van der Waals surface area contributed by atoms with Crippen LogP contribution in [0.1, 0.15) is 35.6 Å². The monoisotopic (exact) mass is 436 g/mol. The maximum Gasteiger partial charge on any atom is 0.263 e. The molecule has 0 aliphatic carbocycles. The highest BCUT2D eigenvalue weighted by atomic mass is 16.5.